The maximum absolute atomic E-state index is 6.01. The van der Waals surface area contributed by atoms with Gasteiger partial charge in [-0.25, -0.2) is 10.4 Å². The molecule has 2 aromatic heterocycles. The molecule has 5 rings (SSSR count). The number of benzene rings is 3. The van der Waals surface area contributed by atoms with Crippen molar-refractivity contribution in [1.82, 2.24) is 14.5 Å². The van der Waals surface area contributed by atoms with Crippen LogP contribution in [0.15, 0.2) is 84.1 Å². The molecule has 0 atom stereocenters. The van der Waals surface area contributed by atoms with Crippen molar-refractivity contribution in [2.75, 3.05) is 5.43 Å². The SMILES string of the molecule is Clc1ccc(Cn2cc(/C=N\Nc3nc4ccccc4[nH]3)c3ccccc32)cc1. The standard InChI is InChI=1S/C23H18ClN5/c24-18-11-9-16(10-12-18)14-29-15-17(19-5-1-4-8-22(19)29)13-25-28-23-26-20-6-2-3-7-21(20)27-23/h1-13,15H,14H2,(H2,26,27,28)/b25-13-. The maximum Gasteiger partial charge on any atom is 0.222 e. The highest BCUT2D eigenvalue weighted by Crippen LogP contribution is 2.22. The van der Waals surface area contributed by atoms with Crippen LogP contribution in [0.4, 0.5) is 5.95 Å². The second-order valence-electron chi connectivity index (χ2n) is 6.83. The van der Waals surface area contributed by atoms with Crippen LogP contribution in [0.5, 0.6) is 0 Å². The lowest BCUT2D eigenvalue weighted by Crippen LogP contribution is -1.97. The molecule has 2 N–H and O–H groups in total. The zero-order valence-electron chi connectivity index (χ0n) is 15.5. The second kappa shape index (κ2) is 7.45. The van der Waals surface area contributed by atoms with E-state index in [1.807, 2.05) is 66.9 Å². The first-order chi connectivity index (χ1) is 14.3. The molecule has 0 saturated carbocycles. The summed E-state index contributed by atoms with van der Waals surface area (Å²) in [5, 5.41) is 6.29. The second-order valence-corrected chi connectivity index (χ2v) is 7.26. The number of nitrogens with zero attached hydrogens (tertiary/aromatic N) is 3. The summed E-state index contributed by atoms with van der Waals surface area (Å²) in [4.78, 5) is 7.69. The summed E-state index contributed by atoms with van der Waals surface area (Å²) in [6, 6.07) is 24.1. The Morgan fingerprint density at radius 2 is 1.79 bits per heavy atom. The molecular formula is C23H18ClN5. The van der Waals surface area contributed by atoms with E-state index >= 15 is 0 Å². The number of rotatable bonds is 5. The Morgan fingerprint density at radius 1 is 1.00 bits per heavy atom. The average Bonchev–Trinajstić information content (AvgIpc) is 3.31. The van der Waals surface area contributed by atoms with E-state index in [2.05, 4.69) is 43.4 Å². The van der Waals surface area contributed by atoms with Crippen molar-refractivity contribution < 1.29 is 0 Å². The number of para-hydroxylation sites is 3. The third-order valence-electron chi connectivity index (χ3n) is 4.85. The number of fused-ring (bicyclic) bond motifs is 2. The van der Waals surface area contributed by atoms with Gasteiger partial charge in [-0.3, -0.25) is 0 Å². The van der Waals surface area contributed by atoms with Crippen molar-refractivity contribution in [3.05, 3.63) is 95.1 Å². The molecule has 5 aromatic rings. The van der Waals surface area contributed by atoms with Gasteiger partial charge in [0.1, 0.15) is 0 Å². The van der Waals surface area contributed by atoms with Crippen molar-refractivity contribution in [3.63, 3.8) is 0 Å². The number of nitrogens with one attached hydrogen (secondary N) is 2. The van der Waals surface area contributed by atoms with Crippen molar-refractivity contribution in [3.8, 4) is 0 Å². The normalized spacial score (nSPS) is 11.6. The molecule has 2 heterocycles. The van der Waals surface area contributed by atoms with E-state index in [1.165, 1.54) is 5.56 Å². The quantitative estimate of drug-likeness (QED) is 0.295. The topological polar surface area (TPSA) is 58.0 Å². The number of hydrogen-bond acceptors (Lipinski definition) is 3. The Morgan fingerprint density at radius 3 is 2.66 bits per heavy atom. The van der Waals surface area contributed by atoms with Crippen LogP contribution in [0.2, 0.25) is 5.02 Å². The molecule has 0 fully saturated rings. The molecule has 0 amide bonds. The molecule has 0 saturated heterocycles. The van der Waals surface area contributed by atoms with Gasteiger partial charge < -0.3 is 9.55 Å². The molecule has 5 nitrogen and oxygen atoms in total. The summed E-state index contributed by atoms with van der Waals surface area (Å²) < 4.78 is 2.22. The van der Waals surface area contributed by atoms with Crippen LogP contribution in [-0.2, 0) is 6.54 Å². The number of H-pyrrole nitrogens is 1. The minimum Gasteiger partial charge on any atom is -0.342 e. The van der Waals surface area contributed by atoms with Gasteiger partial charge in [0.05, 0.1) is 17.2 Å². The number of aromatic nitrogens is 3. The van der Waals surface area contributed by atoms with E-state index in [1.54, 1.807) is 0 Å². The first-order valence-corrected chi connectivity index (χ1v) is 9.70. The van der Waals surface area contributed by atoms with Crippen LogP contribution in [0.25, 0.3) is 21.9 Å². The fourth-order valence-electron chi connectivity index (χ4n) is 3.46. The highest BCUT2D eigenvalue weighted by atomic mass is 35.5. The third-order valence-corrected chi connectivity index (χ3v) is 5.10. The lowest BCUT2D eigenvalue weighted by atomic mass is 10.2. The Balaban J connectivity index is 1.42. The molecular weight excluding hydrogens is 382 g/mol. The molecule has 0 unspecified atom stereocenters. The first-order valence-electron chi connectivity index (χ1n) is 9.32. The number of halogens is 1. The fourth-order valence-corrected chi connectivity index (χ4v) is 3.59. The molecule has 0 aliphatic rings. The monoisotopic (exact) mass is 399 g/mol. The summed E-state index contributed by atoms with van der Waals surface area (Å²) in [5.41, 5.74) is 8.27. The summed E-state index contributed by atoms with van der Waals surface area (Å²) in [6.45, 7) is 0.766. The fraction of sp³-hybridized carbons (Fsp3) is 0.0435. The van der Waals surface area contributed by atoms with Gasteiger partial charge in [-0.2, -0.15) is 5.10 Å². The molecule has 0 aliphatic carbocycles. The number of aromatic amines is 1. The molecule has 29 heavy (non-hydrogen) atoms. The van der Waals surface area contributed by atoms with Crippen LogP contribution in [0.1, 0.15) is 11.1 Å². The molecule has 0 bridgehead atoms. The highest BCUT2D eigenvalue weighted by Gasteiger charge is 2.07. The van der Waals surface area contributed by atoms with E-state index in [-0.39, 0.29) is 0 Å². The first kappa shape index (κ1) is 17.5. The lowest BCUT2D eigenvalue weighted by molar-refractivity contribution is 0.836. The van der Waals surface area contributed by atoms with Gasteiger partial charge in [0.25, 0.3) is 0 Å². The molecule has 0 aliphatic heterocycles. The molecule has 0 spiro atoms. The maximum atomic E-state index is 6.01. The van der Waals surface area contributed by atoms with Crippen LogP contribution < -0.4 is 5.43 Å². The minimum absolute atomic E-state index is 0.618. The molecule has 3 aromatic carbocycles. The van der Waals surface area contributed by atoms with Gasteiger partial charge in [0.2, 0.25) is 5.95 Å². The predicted octanol–water partition coefficient (Wildman–Crippen LogP) is 5.67. The van der Waals surface area contributed by atoms with Crippen molar-refractivity contribution in [1.29, 1.82) is 0 Å². The Kier molecular flexibility index (Phi) is 4.50. The van der Waals surface area contributed by atoms with E-state index in [9.17, 15) is 0 Å². The van der Waals surface area contributed by atoms with Crippen molar-refractivity contribution >= 4 is 45.7 Å². The van der Waals surface area contributed by atoms with Gasteiger partial charge >= 0.3 is 0 Å². The van der Waals surface area contributed by atoms with Gasteiger partial charge in [0.15, 0.2) is 0 Å². The van der Waals surface area contributed by atoms with Gasteiger partial charge in [0, 0.05) is 34.2 Å². The van der Waals surface area contributed by atoms with Crippen molar-refractivity contribution in [2.24, 2.45) is 5.10 Å². The summed E-state index contributed by atoms with van der Waals surface area (Å²) in [7, 11) is 0. The Hall–Kier alpha value is -3.57. The van der Waals surface area contributed by atoms with Crippen LogP contribution in [0.3, 0.4) is 0 Å². The molecule has 6 heteroatoms. The Bertz CT molecular complexity index is 1280. The van der Waals surface area contributed by atoms with Crippen molar-refractivity contribution in [2.45, 2.75) is 6.54 Å². The van der Waals surface area contributed by atoms with Gasteiger partial charge in [-0.05, 0) is 35.9 Å². The van der Waals surface area contributed by atoms with Crippen LogP contribution >= 0.6 is 11.6 Å². The van der Waals surface area contributed by atoms with E-state index < -0.39 is 0 Å². The zero-order chi connectivity index (χ0) is 19.6. The largest absolute Gasteiger partial charge is 0.342 e. The number of hydrogen-bond donors (Lipinski definition) is 2. The lowest BCUT2D eigenvalue weighted by Gasteiger charge is -2.05. The number of imidazole rings is 1. The van der Waals surface area contributed by atoms with Crippen LogP contribution in [0, 0.1) is 0 Å². The number of anilines is 1. The Labute approximate surface area is 172 Å². The van der Waals surface area contributed by atoms with Gasteiger partial charge in [-0.1, -0.05) is 54.1 Å². The minimum atomic E-state index is 0.618. The van der Waals surface area contributed by atoms with E-state index in [0.717, 1.165) is 39.1 Å². The third kappa shape index (κ3) is 3.60. The summed E-state index contributed by atoms with van der Waals surface area (Å²) in [6.07, 6.45) is 3.94. The molecule has 0 radical (unpaired) electrons. The molecule has 142 valence electrons. The summed E-state index contributed by atoms with van der Waals surface area (Å²) >= 11 is 6.01. The van der Waals surface area contributed by atoms with E-state index in [0.29, 0.717) is 5.95 Å². The van der Waals surface area contributed by atoms with E-state index in [4.69, 9.17) is 11.6 Å². The number of hydrazone groups is 1. The smallest absolute Gasteiger partial charge is 0.222 e. The highest BCUT2D eigenvalue weighted by molar-refractivity contribution is 6.30. The predicted molar refractivity (Wildman–Crippen MR) is 120 cm³/mol. The zero-order valence-corrected chi connectivity index (χ0v) is 16.3. The average molecular weight is 400 g/mol. The summed E-state index contributed by atoms with van der Waals surface area (Å²) in [5.74, 6) is 0.618. The van der Waals surface area contributed by atoms with Crippen LogP contribution in [-0.4, -0.2) is 20.7 Å². The van der Waals surface area contributed by atoms with Gasteiger partial charge in [-0.15, -0.1) is 0 Å².